The molecule has 4 N–H and O–H groups in total. The first kappa shape index (κ1) is 17.0. The Bertz CT molecular complexity index is 776. The molecule has 1 aromatic carbocycles. The van der Waals surface area contributed by atoms with E-state index in [0.29, 0.717) is 11.1 Å². The van der Waals surface area contributed by atoms with Gasteiger partial charge in [0.25, 0.3) is 5.91 Å². The van der Waals surface area contributed by atoms with Crippen molar-refractivity contribution in [3.8, 4) is 5.75 Å². The van der Waals surface area contributed by atoms with E-state index in [1.165, 1.54) is 6.07 Å². The van der Waals surface area contributed by atoms with Crippen LogP contribution in [0, 0.1) is 0 Å². The number of ether oxygens (including phenoxy) is 1. The maximum atomic E-state index is 11.6. The SMILES string of the molecule is CC(C)(C)OC(=O)NCc1cc2cc(Cl)c(O)c(C(N)=O)c2o1. The summed E-state index contributed by atoms with van der Waals surface area (Å²) < 4.78 is 10.6. The molecule has 0 saturated carbocycles. The first-order valence-corrected chi connectivity index (χ1v) is 7.17. The van der Waals surface area contributed by atoms with Crippen molar-refractivity contribution in [2.75, 3.05) is 0 Å². The standard InChI is InChI=1S/C15H17ClN2O5/c1-15(2,3)23-14(21)18-6-8-4-7-5-9(16)11(19)10(13(17)20)12(7)22-8/h4-5,19H,6H2,1-3H3,(H2,17,20)(H,18,21). The average molecular weight is 341 g/mol. The molecular weight excluding hydrogens is 324 g/mol. The number of hydrogen-bond acceptors (Lipinski definition) is 5. The van der Waals surface area contributed by atoms with Gasteiger partial charge in [0.2, 0.25) is 0 Å². The van der Waals surface area contributed by atoms with E-state index < -0.39 is 23.4 Å². The van der Waals surface area contributed by atoms with Crippen LogP contribution in [0.2, 0.25) is 5.02 Å². The summed E-state index contributed by atoms with van der Waals surface area (Å²) in [7, 11) is 0. The maximum absolute atomic E-state index is 11.6. The molecule has 1 aromatic heterocycles. The monoisotopic (exact) mass is 340 g/mol. The van der Waals surface area contributed by atoms with Crippen molar-refractivity contribution in [3.05, 3.63) is 28.5 Å². The van der Waals surface area contributed by atoms with Crippen molar-refractivity contribution in [1.82, 2.24) is 5.32 Å². The van der Waals surface area contributed by atoms with Crippen LogP contribution in [-0.4, -0.2) is 22.7 Å². The minimum atomic E-state index is -0.865. The summed E-state index contributed by atoms with van der Waals surface area (Å²) in [4.78, 5) is 23.1. The molecule has 0 saturated heterocycles. The van der Waals surface area contributed by atoms with E-state index in [9.17, 15) is 14.7 Å². The number of aromatic hydroxyl groups is 1. The topological polar surface area (TPSA) is 115 Å². The number of halogens is 1. The molecule has 8 heteroatoms. The van der Waals surface area contributed by atoms with Crippen molar-refractivity contribution >= 4 is 34.6 Å². The van der Waals surface area contributed by atoms with Gasteiger partial charge in [-0.2, -0.15) is 0 Å². The van der Waals surface area contributed by atoms with E-state index >= 15 is 0 Å². The summed E-state index contributed by atoms with van der Waals surface area (Å²) >= 11 is 5.86. The van der Waals surface area contributed by atoms with Gasteiger partial charge < -0.3 is 25.3 Å². The lowest BCUT2D eigenvalue weighted by Crippen LogP contribution is -2.32. The van der Waals surface area contributed by atoms with E-state index in [4.69, 9.17) is 26.5 Å². The molecule has 0 unspecified atom stereocenters. The van der Waals surface area contributed by atoms with Crippen molar-refractivity contribution in [3.63, 3.8) is 0 Å². The molecule has 0 aliphatic heterocycles. The fourth-order valence-corrected chi connectivity index (χ4v) is 2.19. The van der Waals surface area contributed by atoms with Crippen molar-refractivity contribution in [2.45, 2.75) is 32.9 Å². The smallest absolute Gasteiger partial charge is 0.408 e. The van der Waals surface area contributed by atoms with E-state index in [1.807, 2.05) is 0 Å². The zero-order valence-corrected chi connectivity index (χ0v) is 13.7. The van der Waals surface area contributed by atoms with E-state index in [1.54, 1.807) is 26.8 Å². The summed E-state index contributed by atoms with van der Waals surface area (Å²) in [6, 6.07) is 3.03. The van der Waals surface area contributed by atoms with Gasteiger partial charge in [-0.3, -0.25) is 4.79 Å². The molecule has 2 rings (SSSR count). The molecular formula is C15H17ClN2O5. The highest BCUT2D eigenvalue weighted by molar-refractivity contribution is 6.34. The number of phenols is 1. The average Bonchev–Trinajstić information content (AvgIpc) is 2.77. The number of nitrogens with two attached hydrogens (primary N) is 1. The predicted octanol–water partition coefficient (Wildman–Crippen LogP) is 2.92. The van der Waals surface area contributed by atoms with Crippen molar-refractivity contribution in [1.29, 1.82) is 0 Å². The Balaban J connectivity index is 2.26. The molecule has 124 valence electrons. The molecule has 2 amide bonds. The Hall–Kier alpha value is -2.41. The van der Waals surface area contributed by atoms with Crippen LogP contribution in [0.5, 0.6) is 5.75 Å². The van der Waals surface area contributed by atoms with Gasteiger partial charge in [-0.15, -0.1) is 0 Å². The third-order valence-electron chi connectivity index (χ3n) is 2.84. The third kappa shape index (κ3) is 3.87. The number of furan rings is 1. The van der Waals surface area contributed by atoms with Crippen LogP contribution in [0.15, 0.2) is 16.5 Å². The van der Waals surface area contributed by atoms with Crippen LogP contribution in [0.4, 0.5) is 4.79 Å². The van der Waals surface area contributed by atoms with Gasteiger partial charge in [-0.1, -0.05) is 11.6 Å². The number of alkyl carbamates (subject to hydrolysis) is 1. The number of benzene rings is 1. The normalized spacial score (nSPS) is 11.5. The van der Waals surface area contributed by atoms with Gasteiger partial charge in [0.1, 0.15) is 16.9 Å². The highest BCUT2D eigenvalue weighted by atomic mass is 35.5. The van der Waals surface area contributed by atoms with Crippen molar-refractivity contribution in [2.24, 2.45) is 5.73 Å². The third-order valence-corrected chi connectivity index (χ3v) is 3.12. The molecule has 0 spiro atoms. The number of nitrogens with one attached hydrogen (secondary N) is 1. The molecule has 2 aromatic rings. The summed E-state index contributed by atoms with van der Waals surface area (Å²) in [5.74, 6) is -0.946. The minimum Gasteiger partial charge on any atom is -0.505 e. The number of rotatable bonds is 3. The van der Waals surface area contributed by atoms with Gasteiger partial charge in [0.15, 0.2) is 11.3 Å². The van der Waals surface area contributed by atoms with Gasteiger partial charge in [0, 0.05) is 5.39 Å². The van der Waals surface area contributed by atoms with E-state index in [-0.39, 0.29) is 22.7 Å². The lowest BCUT2D eigenvalue weighted by Gasteiger charge is -2.19. The van der Waals surface area contributed by atoms with Gasteiger partial charge in [0.05, 0.1) is 11.6 Å². The number of carbonyl (C=O) groups excluding carboxylic acids is 2. The Labute approximate surface area is 137 Å². The molecule has 0 aliphatic rings. The van der Waals surface area contributed by atoms with Crippen LogP contribution < -0.4 is 11.1 Å². The molecule has 0 aliphatic carbocycles. The maximum Gasteiger partial charge on any atom is 0.408 e. The van der Waals surface area contributed by atoms with Gasteiger partial charge in [-0.05, 0) is 32.9 Å². The van der Waals surface area contributed by atoms with Crippen molar-refractivity contribution < 1.29 is 23.8 Å². The Morgan fingerprint density at radius 1 is 1.39 bits per heavy atom. The van der Waals surface area contributed by atoms with E-state index in [0.717, 1.165) is 0 Å². The highest BCUT2D eigenvalue weighted by Crippen LogP contribution is 2.35. The molecule has 0 radical (unpaired) electrons. The Morgan fingerprint density at radius 3 is 2.61 bits per heavy atom. The second-order valence-electron chi connectivity index (χ2n) is 5.93. The lowest BCUT2D eigenvalue weighted by molar-refractivity contribution is 0.0520. The first-order valence-electron chi connectivity index (χ1n) is 6.79. The summed E-state index contributed by atoms with van der Waals surface area (Å²) in [6.07, 6.45) is -0.603. The quantitative estimate of drug-likeness (QED) is 0.794. The molecule has 23 heavy (non-hydrogen) atoms. The Morgan fingerprint density at radius 2 is 2.04 bits per heavy atom. The van der Waals surface area contributed by atoms with E-state index in [2.05, 4.69) is 5.32 Å². The molecule has 7 nitrogen and oxygen atoms in total. The molecule has 0 bridgehead atoms. The number of hydrogen-bond donors (Lipinski definition) is 3. The second-order valence-corrected chi connectivity index (χ2v) is 6.34. The minimum absolute atomic E-state index is 0.0150. The molecule has 1 heterocycles. The zero-order valence-electron chi connectivity index (χ0n) is 12.9. The zero-order chi connectivity index (χ0) is 17.4. The fourth-order valence-electron chi connectivity index (χ4n) is 1.98. The number of fused-ring (bicyclic) bond motifs is 1. The van der Waals surface area contributed by atoms with Gasteiger partial charge in [-0.25, -0.2) is 4.79 Å². The Kier molecular flexibility index (Phi) is 4.42. The largest absolute Gasteiger partial charge is 0.505 e. The number of carbonyl (C=O) groups is 2. The predicted molar refractivity (Wildman–Crippen MR) is 84.5 cm³/mol. The fraction of sp³-hybridized carbons (Fsp3) is 0.333. The van der Waals surface area contributed by atoms with Crippen LogP contribution >= 0.6 is 11.6 Å². The lowest BCUT2D eigenvalue weighted by atomic mass is 10.1. The number of primary amides is 1. The van der Waals surface area contributed by atoms with Gasteiger partial charge >= 0.3 is 6.09 Å². The molecule has 0 fully saturated rings. The summed E-state index contributed by atoms with van der Waals surface area (Å²) in [6.45, 7) is 5.28. The van der Waals surface area contributed by atoms with Crippen LogP contribution in [0.3, 0.4) is 0 Å². The number of amides is 2. The summed E-state index contributed by atoms with van der Waals surface area (Å²) in [5.41, 5.74) is 4.54. The van der Waals surface area contributed by atoms with Crippen LogP contribution in [-0.2, 0) is 11.3 Å². The highest BCUT2D eigenvalue weighted by Gasteiger charge is 2.21. The van der Waals surface area contributed by atoms with Crippen LogP contribution in [0.1, 0.15) is 36.9 Å². The second kappa shape index (κ2) is 6.00. The van der Waals surface area contributed by atoms with Crippen LogP contribution in [0.25, 0.3) is 11.0 Å². The summed E-state index contributed by atoms with van der Waals surface area (Å²) in [5, 5.41) is 12.8. The molecule has 0 atom stereocenters. The first-order chi connectivity index (χ1) is 10.6.